The minimum atomic E-state index is -0.413. The average Bonchev–Trinajstić information content (AvgIpc) is 2.54. The third kappa shape index (κ3) is 4.59. The molecule has 0 saturated carbocycles. The molecule has 2 rings (SSSR count). The summed E-state index contributed by atoms with van der Waals surface area (Å²) in [4.78, 5) is 15.4. The maximum atomic E-state index is 11.6. The number of nitrogens with one attached hydrogen (secondary N) is 1. The van der Waals surface area contributed by atoms with Crippen LogP contribution in [0.15, 0.2) is 47.8 Å². The number of aromatic hydroxyl groups is 2. The van der Waals surface area contributed by atoms with E-state index in [1.807, 2.05) is 0 Å². The lowest BCUT2D eigenvalue weighted by Crippen LogP contribution is -2.17. The quantitative estimate of drug-likeness (QED) is 0.380. The van der Waals surface area contributed by atoms with Crippen LogP contribution in [0.5, 0.6) is 11.5 Å². The fourth-order valence-corrected chi connectivity index (χ4v) is 1.37. The van der Waals surface area contributed by atoms with Crippen molar-refractivity contribution in [2.75, 3.05) is 7.11 Å². The number of phenols is 2. The Balaban J connectivity index is 0.00000106. The molecule has 0 unspecified atom stereocenters. The van der Waals surface area contributed by atoms with Crippen molar-refractivity contribution in [2.24, 2.45) is 5.10 Å². The Morgan fingerprint density at radius 1 is 1.24 bits per heavy atom. The van der Waals surface area contributed by atoms with Crippen molar-refractivity contribution >= 4 is 12.1 Å². The molecule has 0 radical (unpaired) electrons. The molecule has 0 bridgehead atoms. The third-order valence-corrected chi connectivity index (χ3v) is 2.34. The topological polar surface area (TPSA) is 115 Å². The Bertz CT molecular complexity index is 615. The van der Waals surface area contributed by atoms with Gasteiger partial charge in [-0.25, -0.2) is 5.43 Å². The Hall–Kier alpha value is -2.93. The van der Waals surface area contributed by atoms with Gasteiger partial charge in [-0.3, -0.25) is 9.78 Å². The molecule has 110 valence electrons. The molecule has 1 heterocycles. The number of para-hydroxylation sites is 1. The molecule has 21 heavy (non-hydrogen) atoms. The predicted octanol–water partition coefficient (Wildman–Crippen LogP) is 0.865. The van der Waals surface area contributed by atoms with Gasteiger partial charge in [0.15, 0.2) is 11.5 Å². The molecule has 0 aliphatic rings. The zero-order valence-electron chi connectivity index (χ0n) is 11.3. The van der Waals surface area contributed by atoms with Crippen LogP contribution in [0, 0.1) is 0 Å². The largest absolute Gasteiger partial charge is 0.504 e. The van der Waals surface area contributed by atoms with Crippen LogP contribution in [-0.4, -0.2) is 39.5 Å². The van der Waals surface area contributed by atoms with Gasteiger partial charge in [0, 0.05) is 25.1 Å². The second kappa shape index (κ2) is 8.28. The molecule has 2 aromatic rings. The van der Waals surface area contributed by atoms with Crippen LogP contribution < -0.4 is 5.43 Å². The Kier molecular flexibility index (Phi) is 6.36. The summed E-state index contributed by atoms with van der Waals surface area (Å²) >= 11 is 0. The van der Waals surface area contributed by atoms with Crippen molar-refractivity contribution in [3.8, 4) is 11.5 Å². The van der Waals surface area contributed by atoms with Gasteiger partial charge in [0.05, 0.1) is 11.8 Å². The van der Waals surface area contributed by atoms with Gasteiger partial charge in [0.2, 0.25) is 0 Å². The maximum absolute atomic E-state index is 11.6. The highest BCUT2D eigenvalue weighted by Gasteiger charge is 2.04. The van der Waals surface area contributed by atoms with E-state index in [1.54, 1.807) is 30.5 Å². The molecule has 1 aromatic carbocycles. The highest BCUT2D eigenvalue weighted by Crippen LogP contribution is 2.26. The summed E-state index contributed by atoms with van der Waals surface area (Å²) in [7, 11) is 1.00. The van der Waals surface area contributed by atoms with Gasteiger partial charge >= 0.3 is 0 Å². The van der Waals surface area contributed by atoms with Gasteiger partial charge in [-0.15, -0.1) is 0 Å². The van der Waals surface area contributed by atoms with Crippen LogP contribution in [-0.2, 0) is 0 Å². The lowest BCUT2D eigenvalue weighted by Gasteiger charge is -2.01. The van der Waals surface area contributed by atoms with Gasteiger partial charge in [-0.05, 0) is 24.3 Å². The van der Waals surface area contributed by atoms with E-state index in [-0.39, 0.29) is 11.5 Å². The number of benzene rings is 1. The molecule has 0 fully saturated rings. The van der Waals surface area contributed by atoms with Crippen molar-refractivity contribution in [1.82, 2.24) is 10.4 Å². The number of phenolic OH excluding ortho intramolecular Hbond substituents is 2. The number of carbonyl (C=O) groups excluding carboxylic acids is 1. The van der Waals surface area contributed by atoms with Gasteiger partial charge in [-0.1, -0.05) is 6.07 Å². The number of pyridine rings is 1. The zero-order valence-corrected chi connectivity index (χ0v) is 11.3. The number of hydrogen-bond acceptors (Lipinski definition) is 6. The van der Waals surface area contributed by atoms with Crippen LogP contribution in [0.3, 0.4) is 0 Å². The van der Waals surface area contributed by atoms with Crippen LogP contribution in [0.1, 0.15) is 15.9 Å². The first-order valence-corrected chi connectivity index (χ1v) is 5.87. The van der Waals surface area contributed by atoms with Crippen LogP contribution >= 0.6 is 0 Å². The standard InChI is InChI=1S/C13H11N3O3.CH4O/c17-11-5-1-3-9(12(11)18)8-15-16-13(19)10-4-2-6-14-7-10;1-2/h1-8,17-18H,(H,16,19);2H,1H3/b15-8+;. The van der Waals surface area contributed by atoms with Crippen molar-refractivity contribution < 1.29 is 20.1 Å². The highest BCUT2D eigenvalue weighted by atomic mass is 16.3. The number of nitrogens with zero attached hydrogens (tertiary/aromatic N) is 2. The molecule has 0 aliphatic carbocycles. The molecule has 0 spiro atoms. The third-order valence-electron chi connectivity index (χ3n) is 2.34. The molecule has 0 atom stereocenters. The molecule has 0 saturated heterocycles. The van der Waals surface area contributed by atoms with E-state index in [4.69, 9.17) is 5.11 Å². The normalized spacial score (nSPS) is 9.81. The lowest BCUT2D eigenvalue weighted by atomic mass is 10.2. The van der Waals surface area contributed by atoms with Gasteiger partial charge in [0.25, 0.3) is 5.91 Å². The Labute approximate surface area is 121 Å². The SMILES string of the molecule is CO.O=C(N/N=C/c1cccc(O)c1O)c1cccnc1. The maximum Gasteiger partial charge on any atom is 0.272 e. The number of rotatable bonds is 3. The lowest BCUT2D eigenvalue weighted by molar-refractivity contribution is 0.0954. The van der Waals surface area contributed by atoms with Crippen molar-refractivity contribution in [1.29, 1.82) is 0 Å². The van der Waals surface area contributed by atoms with Gasteiger partial charge in [0.1, 0.15) is 0 Å². The smallest absolute Gasteiger partial charge is 0.272 e. The summed E-state index contributed by atoms with van der Waals surface area (Å²) in [5, 5.41) is 29.5. The molecule has 7 nitrogen and oxygen atoms in total. The Morgan fingerprint density at radius 3 is 2.67 bits per heavy atom. The number of hydrazone groups is 1. The van der Waals surface area contributed by atoms with E-state index < -0.39 is 5.91 Å². The van der Waals surface area contributed by atoms with E-state index >= 15 is 0 Å². The minimum Gasteiger partial charge on any atom is -0.504 e. The summed E-state index contributed by atoms with van der Waals surface area (Å²) in [6, 6.07) is 7.69. The molecular formula is C14H15N3O4. The second-order valence-corrected chi connectivity index (χ2v) is 3.66. The molecule has 7 heteroatoms. The average molecular weight is 289 g/mol. The van der Waals surface area contributed by atoms with E-state index in [9.17, 15) is 15.0 Å². The van der Waals surface area contributed by atoms with Crippen molar-refractivity contribution in [2.45, 2.75) is 0 Å². The summed E-state index contributed by atoms with van der Waals surface area (Å²) < 4.78 is 0. The van der Waals surface area contributed by atoms with E-state index in [0.29, 0.717) is 11.1 Å². The molecule has 1 amide bonds. The van der Waals surface area contributed by atoms with Crippen molar-refractivity contribution in [3.05, 3.63) is 53.9 Å². The first kappa shape index (κ1) is 16.1. The summed E-state index contributed by atoms with van der Waals surface area (Å²) in [5.41, 5.74) is 2.96. The van der Waals surface area contributed by atoms with Crippen molar-refractivity contribution in [3.63, 3.8) is 0 Å². The highest BCUT2D eigenvalue weighted by molar-refractivity contribution is 5.94. The molecule has 0 aliphatic heterocycles. The minimum absolute atomic E-state index is 0.248. The first-order chi connectivity index (χ1) is 10.2. The molecule has 4 N–H and O–H groups in total. The Morgan fingerprint density at radius 2 is 2.00 bits per heavy atom. The van der Waals surface area contributed by atoms with Crippen LogP contribution in [0.25, 0.3) is 0 Å². The first-order valence-electron chi connectivity index (χ1n) is 5.87. The predicted molar refractivity (Wildman–Crippen MR) is 77.2 cm³/mol. The van der Waals surface area contributed by atoms with E-state index in [0.717, 1.165) is 7.11 Å². The van der Waals surface area contributed by atoms with Gasteiger partial charge < -0.3 is 15.3 Å². The molecule has 1 aromatic heterocycles. The number of aliphatic hydroxyl groups is 1. The summed E-state index contributed by atoms with van der Waals surface area (Å²) in [5.74, 6) is -0.951. The monoisotopic (exact) mass is 289 g/mol. The van der Waals surface area contributed by atoms with E-state index in [1.165, 1.54) is 18.5 Å². The van der Waals surface area contributed by atoms with Crippen LogP contribution in [0.2, 0.25) is 0 Å². The summed E-state index contributed by atoms with van der Waals surface area (Å²) in [6.07, 6.45) is 4.21. The zero-order chi connectivity index (χ0) is 15.7. The fraction of sp³-hybridized carbons (Fsp3) is 0.0714. The molecular weight excluding hydrogens is 274 g/mol. The number of aromatic nitrogens is 1. The number of carbonyl (C=O) groups is 1. The van der Waals surface area contributed by atoms with Crippen LogP contribution in [0.4, 0.5) is 0 Å². The summed E-state index contributed by atoms with van der Waals surface area (Å²) in [6.45, 7) is 0. The van der Waals surface area contributed by atoms with Gasteiger partial charge in [-0.2, -0.15) is 5.10 Å². The number of amides is 1. The number of hydrogen-bond donors (Lipinski definition) is 4. The fourth-order valence-electron chi connectivity index (χ4n) is 1.37. The second-order valence-electron chi connectivity index (χ2n) is 3.66. The number of aliphatic hydroxyl groups excluding tert-OH is 1. The van der Waals surface area contributed by atoms with E-state index in [2.05, 4.69) is 15.5 Å².